The molecule has 1 aromatic rings. The SMILES string of the molecule is COCc1ccnc(N2CC(C)(N3CC(F)(F)C3)C2)n1. The molecule has 20 heavy (non-hydrogen) atoms. The molecule has 0 radical (unpaired) electrons. The van der Waals surface area contributed by atoms with E-state index in [1.807, 2.05) is 22.8 Å². The third-order valence-electron chi connectivity index (χ3n) is 3.95. The second kappa shape index (κ2) is 4.60. The maximum absolute atomic E-state index is 12.9. The van der Waals surface area contributed by atoms with Gasteiger partial charge in [-0.05, 0) is 13.0 Å². The van der Waals surface area contributed by atoms with E-state index in [1.165, 1.54) is 0 Å². The van der Waals surface area contributed by atoms with Crippen molar-refractivity contribution in [3.8, 4) is 0 Å². The lowest BCUT2D eigenvalue weighted by atomic mass is 9.86. The van der Waals surface area contributed by atoms with E-state index in [9.17, 15) is 8.78 Å². The van der Waals surface area contributed by atoms with Crippen molar-refractivity contribution in [3.05, 3.63) is 18.0 Å². The van der Waals surface area contributed by atoms with Gasteiger partial charge in [0.25, 0.3) is 5.92 Å². The minimum absolute atomic E-state index is 0.137. The Morgan fingerprint density at radius 1 is 1.30 bits per heavy atom. The van der Waals surface area contributed by atoms with E-state index in [0.717, 1.165) is 5.69 Å². The minimum Gasteiger partial charge on any atom is -0.378 e. The number of halogens is 2. The standard InChI is InChI=1S/C13H18F2N4O/c1-12(19-8-13(14,15)9-19)6-18(7-12)11-16-4-3-10(17-11)5-20-2/h3-4H,5-9H2,1-2H3. The number of anilines is 1. The molecule has 0 aliphatic carbocycles. The number of ether oxygens (including phenoxy) is 1. The number of aromatic nitrogens is 2. The quantitative estimate of drug-likeness (QED) is 0.829. The van der Waals surface area contributed by atoms with E-state index in [0.29, 0.717) is 25.6 Å². The molecule has 2 aliphatic heterocycles. The Labute approximate surface area is 116 Å². The predicted molar refractivity (Wildman–Crippen MR) is 69.9 cm³/mol. The molecule has 0 unspecified atom stereocenters. The second-order valence-corrected chi connectivity index (χ2v) is 5.85. The molecule has 0 atom stereocenters. The Kier molecular flexibility index (Phi) is 3.13. The van der Waals surface area contributed by atoms with Crippen LogP contribution in [0.15, 0.2) is 12.3 Å². The highest BCUT2D eigenvalue weighted by atomic mass is 19.3. The van der Waals surface area contributed by atoms with Crippen molar-refractivity contribution in [2.75, 3.05) is 38.2 Å². The van der Waals surface area contributed by atoms with Crippen molar-refractivity contribution >= 4 is 5.95 Å². The minimum atomic E-state index is -2.52. The lowest BCUT2D eigenvalue weighted by Gasteiger charge is -2.58. The van der Waals surface area contributed by atoms with Gasteiger partial charge in [-0.15, -0.1) is 0 Å². The first-order valence-corrected chi connectivity index (χ1v) is 6.61. The van der Waals surface area contributed by atoms with Gasteiger partial charge in [-0.1, -0.05) is 0 Å². The second-order valence-electron chi connectivity index (χ2n) is 5.85. The molecule has 0 bridgehead atoms. The number of nitrogens with zero attached hydrogens (tertiary/aromatic N) is 4. The molecule has 0 spiro atoms. The van der Waals surface area contributed by atoms with E-state index in [-0.39, 0.29) is 18.6 Å². The summed E-state index contributed by atoms with van der Waals surface area (Å²) in [6.07, 6.45) is 1.70. The molecule has 2 fully saturated rings. The Morgan fingerprint density at radius 2 is 2.00 bits per heavy atom. The smallest absolute Gasteiger partial charge is 0.272 e. The van der Waals surface area contributed by atoms with Crippen molar-refractivity contribution in [3.63, 3.8) is 0 Å². The van der Waals surface area contributed by atoms with Crippen LogP contribution in [-0.4, -0.2) is 59.6 Å². The first-order valence-electron chi connectivity index (χ1n) is 6.61. The molecule has 2 saturated heterocycles. The number of alkyl halides is 2. The lowest BCUT2D eigenvalue weighted by molar-refractivity contribution is -0.171. The van der Waals surface area contributed by atoms with Gasteiger partial charge < -0.3 is 9.64 Å². The van der Waals surface area contributed by atoms with Crippen molar-refractivity contribution in [1.29, 1.82) is 0 Å². The third kappa shape index (κ3) is 2.35. The molecular weight excluding hydrogens is 266 g/mol. The van der Waals surface area contributed by atoms with E-state index in [4.69, 9.17) is 4.74 Å². The van der Waals surface area contributed by atoms with Crippen LogP contribution in [-0.2, 0) is 11.3 Å². The number of rotatable bonds is 4. The first kappa shape index (κ1) is 13.6. The van der Waals surface area contributed by atoms with Crippen LogP contribution >= 0.6 is 0 Å². The van der Waals surface area contributed by atoms with Gasteiger partial charge in [-0.25, -0.2) is 18.7 Å². The summed E-state index contributed by atoms with van der Waals surface area (Å²) in [6.45, 7) is 3.54. The molecule has 3 rings (SSSR count). The number of hydrogen-bond acceptors (Lipinski definition) is 5. The molecule has 2 aliphatic rings. The predicted octanol–water partition coefficient (Wildman–Crippen LogP) is 1.15. The molecule has 110 valence electrons. The monoisotopic (exact) mass is 284 g/mol. The van der Waals surface area contributed by atoms with Crippen LogP contribution in [0.25, 0.3) is 0 Å². The summed E-state index contributed by atoms with van der Waals surface area (Å²) in [5, 5.41) is 0. The van der Waals surface area contributed by atoms with Gasteiger partial charge in [0.1, 0.15) is 0 Å². The number of hydrogen-bond donors (Lipinski definition) is 0. The van der Waals surface area contributed by atoms with Gasteiger partial charge in [-0.2, -0.15) is 0 Å². The molecular formula is C13H18F2N4O. The molecule has 1 aromatic heterocycles. The number of methoxy groups -OCH3 is 1. The van der Waals surface area contributed by atoms with Crippen LogP contribution in [0.4, 0.5) is 14.7 Å². The fraction of sp³-hybridized carbons (Fsp3) is 0.692. The average Bonchev–Trinajstić information content (AvgIpc) is 2.33. The zero-order valence-corrected chi connectivity index (χ0v) is 11.6. The molecule has 0 saturated carbocycles. The average molecular weight is 284 g/mol. The van der Waals surface area contributed by atoms with Crippen LogP contribution in [0, 0.1) is 0 Å². The van der Waals surface area contributed by atoms with E-state index in [2.05, 4.69) is 9.97 Å². The molecule has 0 aromatic carbocycles. The van der Waals surface area contributed by atoms with E-state index in [1.54, 1.807) is 13.3 Å². The fourth-order valence-electron chi connectivity index (χ4n) is 2.78. The first-order chi connectivity index (χ1) is 9.42. The summed E-state index contributed by atoms with van der Waals surface area (Å²) in [5.41, 5.74) is 0.629. The summed E-state index contributed by atoms with van der Waals surface area (Å²) in [7, 11) is 1.62. The molecule has 5 nitrogen and oxygen atoms in total. The van der Waals surface area contributed by atoms with Crippen molar-refractivity contribution in [1.82, 2.24) is 14.9 Å². The van der Waals surface area contributed by atoms with E-state index >= 15 is 0 Å². The van der Waals surface area contributed by atoms with Gasteiger partial charge in [-0.3, -0.25) is 4.90 Å². The summed E-state index contributed by atoms with van der Waals surface area (Å²) in [5.74, 6) is -1.87. The summed E-state index contributed by atoms with van der Waals surface area (Å²) in [6, 6.07) is 1.81. The maximum Gasteiger partial charge on any atom is 0.272 e. The molecule has 0 amide bonds. The van der Waals surface area contributed by atoms with Crippen molar-refractivity contribution in [2.45, 2.75) is 25.0 Å². The van der Waals surface area contributed by atoms with Crippen LogP contribution in [0.3, 0.4) is 0 Å². The largest absolute Gasteiger partial charge is 0.378 e. The van der Waals surface area contributed by atoms with Gasteiger partial charge in [0.15, 0.2) is 0 Å². The van der Waals surface area contributed by atoms with Gasteiger partial charge in [0, 0.05) is 26.4 Å². The number of likely N-dealkylation sites (tertiary alicyclic amines) is 1. The lowest BCUT2D eigenvalue weighted by Crippen LogP contribution is -2.76. The summed E-state index contributed by atoms with van der Waals surface area (Å²) in [4.78, 5) is 12.5. The van der Waals surface area contributed by atoms with Crippen LogP contribution in [0.5, 0.6) is 0 Å². The molecule has 7 heteroatoms. The Bertz CT molecular complexity index is 497. The molecule has 0 N–H and O–H groups in total. The zero-order valence-electron chi connectivity index (χ0n) is 11.6. The molecule has 3 heterocycles. The summed E-state index contributed by atoms with van der Waals surface area (Å²) >= 11 is 0. The van der Waals surface area contributed by atoms with Crippen LogP contribution in [0.1, 0.15) is 12.6 Å². The maximum atomic E-state index is 12.9. The zero-order chi connectivity index (χ0) is 14.4. The highest BCUT2D eigenvalue weighted by Gasteiger charge is 2.55. The van der Waals surface area contributed by atoms with Gasteiger partial charge in [0.2, 0.25) is 5.95 Å². The Balaban J connectivity index is 1.61. The van der Waals surface area contributed by atoms with Crippen LogP contribution < -0.4 is 4.90 Å². The van der Waals surface area contributed by atoms with Gasteiger partial charge >= 0.3 is 0 Å². The Hall–Kier alpha value is -1.34. The van der Waals surface area contributed by atoms with Crippen molar-refractivity contribution < 1.29 is 13.5 Å². The Morgan fingerprint density at radius 3 is 2.60 bits per heavy atom. The van der Waals surface area contributed by atoms with E-state index < -0.39 is 5.92 Å². The van der Waals surface area contributed by atoms with Gasteiger partial charge in [0.05, 0.1) is 30.9 Å². The normalized spacial score (nSPS) is 24.1. The van der Waals surface area contributed by atoms with Crippen molar-refractivity contribution in [2.24, 2.45) is 0 Å². The van der Waals surface area contributed by atoms with Crippen LogP contribution in [0.2, 0.25) is 0 Å². The highest BCUT2D eigenvalue weighted by Crippen LogP contribution is 2.38. The highest BCUT2D eigenvalue weighted by molar-refractivity contribution is 5.38. The topological polar surface area (TPSA) is 41.5 Å². The summed E-state index contributed by atoms with van der Waals surface area (Å²) < 4.78 is 30.9. The third-order valence-corrected chi connectivity index (χ3v) is 3.95. The fourth-order valence-corrected chi connectivity index (χ4v) is 2.78.